The maximum Gasteiger partial charge on any atom is 0.261 e. The number of nitrogens with one attached hydrogen (secondary N) is 1. The second kappa shape index (κ2) is 4.66. The van der Waals surface area contributed by atoms with E-state index in [2.05, 4.69) is 4.72 Å². The van der Waals surface area contributed by atoms with Gasteiger partial charge in [0.25, 0.3) is 10.0 Å². The molecule has 0 aromatic heterocycles. The summed E-state index contributed by atoms with van der Waals surface area (Å²) in [7, 11) is -3.77. The van der Waals surface area contributed by atoms with Crippen molar-refractivity contribution in [2.45, 2.75) is 4.90 Å². The van der Waals surface area contributed by atoms with Crippen LogP contribution in [-0.2, 0) is 10.0 Å². The number of phenols is 1. The summed E-state index contributed by atoms with van der Waals surface area (Å²) in [6.45, 7) is 0. The van der Waals surface area contributed by atoms with Gasteiger partial charge in [0.15, 0.2) is 0 Å². The molecule has 0 aliphatic heterocycles. The van der Waals surface area contributed by atoms with Gasteiger partial charge in [-0.05, 0) is 42.5 Å². The van der Waals surface area contributed by atoms with Crippen molar-refractivity contribution in [1.82, 2.24) is 0 Å². The molecule has 0 radical (unpaired) electrons. The molecule has 4 nitrogen and oxygen atoms in total. The number of phenolic OH excluding ortho intramolecular Hbond substituents is 1. The molecular weight excluding hydrogens is 257 g/mol. The molecule has 2 aromatic rings. The van der Waals surface area contributed by atoms with E-state index in [4.69, 9.17) is 5.11 Å². The van der Waals surface area contributed by atoms with Crippen molar-refractivity contribution in [2.24, 2.45) is 0 Å². The normalized spacial score (nSPS) is 11.2. The van der Waals surface area contributed by atoms with Crippen molar-refractivity contribution >= 4 is 15.7 Å². The fourth-order valence-corrected chi connectivity index (χ4v) is 2.44. The van der Waals surface area contributed by atoms with Crippen LogP contribution in [0.3, 0.4) is 0 Å². The first-order chi connectivity index (χ1) is 8.47. The number of halogens is 1. The van der Waals surface area contributed by atoms with Gasteiger partial charge in [0, 0.05) is 0 Å². The number of aromatic hydroxyl groups is 1. The molecule has 0 heterocycles. The highest BCUT2D eigenvalue weighted by atomic mass is 32.2. The zero-order valence-electron chi connectivity index (χ0n) is 9.17. The van der Waals surface area contributed by atoms with Gasteiger partial charge in [0.05, 0.1) is 10.6 Å². The van der Waals surface area contributed by atoms with E-state index in [0.29, 0.717) is 0 Å². The zero-order chi connectivity index (χ0) is 13.2. The number of benzene rings is 2. The van der Waals surface area contributed by atoms with Crippen LogP contribution in [0.1, 0.15) is 0 Å². The Bertz CT molecular complexity index is 653. The molecule has 0 saturated carbocycles. The first-order valence-electron chi connectivity index (χ1n) is 5.05. The van der Waals surface area contributed by atoms with Crippen molar-refractivity contribution in [3.05, 3.63) is 54.3 Å². The molecule has 0 atom stereocenters. The lowest BCUT2D eigenvalue weighted by atomic mass is 10.3. The monoisotopic (exact) mass is 267 g/mol. The number of hydrogen-bond donors (Lipinski definition) is 2. The molecule has 94 valence electrons. The second-order valence-electron chi connectivity index (χ2n) is 3.61. The fourth-order valence-electron chi connectivity index (χ4n) is 1.39. The van der Waals surface area contributed by atoms with E-state index in [9.17, 15) is 12.8 Å². The minimum Gasteiger partial charge on any atom is -0.508 e. The summed E-state index contributed by atoms with van der Waals surface area (Å²) in [5, 5.41) is 9.08. The number of anilines is 1. The average Bonchev–Trinajstić information content (AvgIpc) is 2.29. The van der Waals surface area contributed by atoms with Crippen LogP contribution in [0.5, 0.6) is 5.75 Å². The Morgan fingerprint density at radius 1 is 1.06 bits per heavy atom. The molecule has 18 heavy (non-hydrogen) atoms. The van der Waals surface area contributed by atoms with Crippen LogP contribution in [0, 0.1) is 5.82 Å². The molecule has 6 heteroatoms. The van der Waals surface area contributed by atoms with E-state index in [-0.39, 0.29) is 16.3 Å². The quantitative estimate of drug-likeness (QED) is 0.897. The molecule has 0 bridgehead atoms. The third kappa shape index (κ3) is 2.78. The van der Waals surface area contributed by atoms with Crippen LogP contribution in [0.2, 0.25) is 0 Å². The van der Waals surface area contributed by atoms with Gasteiger partial charge in [-0.15, -0.1) is 0 Å². The van der Waals surface area contributed by atoms with Crippen molar-refractivity contribution in [3.8, 4) is 5.75 Å². The Labute approximate surface area is 104 Å². The van der Waals surface area contributed by atoms with Gasteiger partial charge in [-0.2, -0.15) is 0 Å². The molecule has 0 fully saturated rings. The third-order valence-electron chi connectivity index (χ3n) is 2.22. The highest BCUT2D eigenvalue weighted by Gasteiger charge is 2.14. The molecule has 0 aliphatic carbocycles. The SMILES string of the molecule is O=S(=O)(Nc1cccc(F)c1)c1ccc(O)cc1. The lowest BCUT2D eigenvalue weighted by molar-refractivity contribution is 0.475. The maximum absolute atomic E-state index is 12.9. The Balaban J connectivity index is 2.30. The van der Waals surface area contributed by atoms with E-state index < -0.39 is 15.8 Å². The van der Waals surface area contributed by atoms with Gasteiger partial charge in [-0.25, -0.2) is 12.8 Å². The minimum atomic E-state index is -3.77. The summed E-state index contributed by atoms with van der Waals surface area (Å²) in [5.41, 5.74) is 0.142. The molecule has 0 spiro atoms. The van der Waals surface area contributed by atoms with Crippen LogP contribution in [-0.4, -0.2) is 13.5 Å². The third-order valence-corrected chi connectivity index (χ3v) is 3.62. The number of rotatable bonds is 3. The number of sulfonamides is 1. The maximum atomic E-state index is 12.9. The second-order valence-corrected chi connectivity index (χ2v) is 5.29. The predicted octanol–water partition coefficient (Wildman–Crippen LogP) is 2.33. The van der Waals surface area contributed by atoms with E-state index in [1.165, 1.54) is 42.5 Å². The topological polar surface area (TPSA) is 66.4 Å². The summed E-state index contributed by atoms with van der Waals surface area (Å²) in [6.07, 6.45) is 0. The zero-order valence-corrected chi connectivity index (χ0v) is 9.99. The molecule has 2 N–H and O–H groups in total. The fraction of sp³-hybridized carbons (Fsp3) is 0. The van der Waals surface area contributed by atoms with Gasteiger partial charge >= 0.3 is 0 Å². The van der Waals surface area contributed by atoms with Crippen molar-refractivity contribution in [1.29, 1.82) is 0 Å². The van der Waals surface area contributed by atoms with Crippen LogP contribution in [0.25, 0.3) is 0 Å². The summed E-state index contributed by atoms with van der Waals surface area (Å²) in [5.74, 6) is -0.555. The highest BCUT2D eigenvalue weighted by molar-refractivity contribution is 7.92. The van der Waals surface area contributed by atoms with E-state index in [1.54, 1.807) is 0 Å². The van der Waals surface area contributed by atoms with Gasteiger partial charge in [-0.1, -0.05) is 6.07 Å². The van der Waals surface area contributed by atoms with E-state index >= 15 is 0 Å². The van der Waals surface area contributed by atoms with Gasteiger partial charge in [0.1, 0.15) is 11.6 Å². The summed E-state index contributed by atoms with van der Waals surface area (Å²) < 4.78 is 39.0. The van der Waals surface area contributed by atoms with Gasteiger partial charge < -0.3 is 5.11 Å². The highest BCUT2D eigenvalue weighted by Crippen LogP contribution is 2.18. The lowest BCUT2D eigenvalue weighted by Gasteiger charge is -2.08. The van der Waals surface area contributed by atoms with E-state index in [0.717, 1.165) is 6.07 Å². The summed E-state index contributed by atoms with van der Waals surface area (Å²) in [4.78, 5) is -0.00967. The smallest absolute Gasteiger partial charge is 0.261 e. The largest absolute Gasteiger partial charge is 0.508 e. The first-order valence-corrected chi connectivity index (χ1v) is 6.53. The van der Waals surface area contributed by atoms with Crippen molar-refractivity contribution < 1.29 is 17.9 Å². The van der Waals surface area contributed by atoms with Gasteiger partial charge in [-0.3, -0.25) is 4.72 Å². The molecule has 2 rings (SSSR count). The first kappa shape index (κ1) is 12.4. The molecule has 0 aliphatic rings. The minimum absolute atomic E-state index is 0.00967. The van der Waals surface area contributed by atoms with Crippen molar-refractivity contribution in [3.63, 3.8) is 0 Å². The van der Waals surface area contributed by atoms with Crippen LogP contribution >= 0.6 is 0 Å². The van der Waals surface area contributed by atoms with Crippen LogP contribution in [0.15, 0.2) is 53.4 Å². The predicted molar refractivity (Wildman–Crippen MR) is 65.3 cm³/mol. The standard InChI is InChI=1S/C12H10FNO3S/c13-9-2-1-3-10(8-9)14-18(16,17)12-6-4-11(15)5-7-12/h1-8,14-15H. The average molecular weight is 267 g/mol. The van der Waals surface area contributed by atoms with Gasteiger partial charge in [0.2, 0.25) is 0 Å². The van der Waals surface area contributed by atoms with E-state index in [1.807, 2.05) is 0 Å². The Hall–Kier alpha value is -2.08. The van der Waals surface area contributed by atoms with Crippen LogP contribution in [0.4, 0.5) is 10.1 Å². The molecule has 0 amide bonds. The van der Waals surface area contributed by atoms with Crippen LogP contribution < -0.4 is 4.72 Å². The summed E-state index contributed by atoms with van der Waals surface area (Å²) in [6, 6.07) is 10.2. The molecule has 2 aromatic carbocycles. The Morgan fingerprint density at radius 3 is 2.33 bits per heavy atom. The molecular formula is C12H10FNO3S. The molecule has 0 unspecified atom stereocenters. The Kier molecular flexibility index (Phi) is 3.20. The number of hydrogen-bond acceptors (Lipinski definition) is 3. The Morgan fingerprint density at radius 2 is 1.72 bits per heavy atom. The lowest BCUT2D eigenvalue weighted by Crippen LogP contribution is -2.12. The van der Waals surface area contributed by atoms with Crippen molar-refractivity contribution in [2.75, 3.05) is 4.72 Å². The summed E-state index contributed by atoms with van der Waals surface area (Å²) >= 11 is 0. The molecule has 0 saturated heterocycles.